The predicted molar refractivity (Wildman–Crippen MR) is 61.5 cm³/mol. The van der Waals surface area contributed by atoms with Gasteiger partial charge in [0.15, 0.2) is 0 Å². The van der Waals surface area contributed by atoms with Crippen LogP contribution in [0, 0.1) is 17.8 Å². The van der Waals surface area contributed by atoms with Crippen LogP contribution in [0.25, 0.3) is 0 Å². The quantitative estimate of drug-likeness (QED) is 0.641. The van der Waals surface area contributed by atoms with Gasteiger partial charge in [-0.25, -0.2) is 0 Å². The topological polar surface area (TPSA) is 106 Å². The molecule has 0 aromatic heterocycles. The van der Waals surface area contributed by atoms with Crippen LogP contribution in [-0.2, 0) is 9.59 Å². The molecule has 2 aliphatic carbocycles. The Morgan fingerprint density at radius 1 is 1.12 bits per heavy atom. The fourth-order valence-electron chi connectivity index (χ4n) is 3.45. The highest BCUT2D eigenvalue weighted by molar-refractivity contribution is 5.85. The number of carbonyl (C=O) groups is 2. The first-order chi connectivity index (χ1) is 7.97. The van der Waals surface area contributed by atoms with E-state index in [4.69, 9.17) is 11.5 Å². The maximum absolute atomic E-state index is 11.4. The van der Waals surface area contributed by atoms with Crippen LogP contribution >= 0.6 is 0 Å². The highest BCUT2D eigenvalue weighted by atomic mass is 16.3. The Morgan fingerprint density at radius 3 is 2.24 bits per heavy atom. The van der Waals surface area contributed by atoms with Crippen molar-refractivity contribution in [1.29, 1.82) is 0 Å². The molecule has 2 aliphatic rings. The molecule has 4 atom stereocenters. The molecule has 2 fully saturated rings. The van der Waals surface area contributed by atoms with Crippen molar-refractivity contribution < 1.29 is 14.7 Å². The van der Waals surface area contributed by atoms with Crippen LogP contribution in [0.2, 0.25) is 0 Å². The van der Waals surface area contributed by atoms with E-state index in [1.807, 2.05) is 0 Å². The number of hydrogen-bond donors (Lipinski definition) is 3. The molecule has 0 aliphatic heterocycles. The number of rotatable bonds is 3. The second-order valence-electron chi connectivity index (χ2n) is 5.39. The number of amides is 2. The minimum Gasteiger partial charge on any atom is -0.380 e. The molecule has 0 spiro atoms. The molecule has 2 amide bonds. The standard InChI is InChI=1S/C12H20N2O3/c13-10(15)8-4-2-1-3-7(8)9-5-6-12(9,17)11(14)16/h7-9,17H,1-6H2,(H2,13,15)(H2,14,16). The van der Waals surface area contributed by atoms with E-state index in [1.165, 1.54) is 0 Å². The number of hydrogen-bond acceptors (Lipinski definition) is 3. The molecule has 2 rings (SSSR count). The second-order valence-corrected chi connectivity index (χ2v) is 5.39. The zero-order valence-electron chi connectivity index (χ0n) is 9.89. The number of aliphatic hydroxyl groups is 1. The Bertz CT molecular complexity index is 345. The van der Waals surface area contributed by atoms with E-state index in [-0.39, 0.29) is 23.7 Å². The Labute approximate surface area is 101 Å². The first kappa shape index (κ1) is 12.4. The predicted octanol–water partition coefficient (Wildman–Crippen LogP) is -0.0955. The van der Waals surface area contributed by atoms with Crippen molar-refractivity contribution in [3.8, 4) is 0 Å². The molecule has 5 heteroatoms. The molecule has 2 saturated carbocycles. The molecule has 0 aromatic rings. The zero-order valence-corrected chi connectivity index (χ0v) is 9.89. The van der Waals surface area contributed by atoms with Crippen LogP contribution < -0.4 is 11.5 Å². The van der Waals surface area contributed by atoms with E-state index in [0.717, 1.165) is 32.1 Å². The summed E-state index contributed by atoms with van der Waals surface area (Å²) in [6, 6.07) is 0. The molecule has 0 radical (unpaired) electrons. The van der Waals surface area contributed by atoms with Crippen LogP contribution in [0.4, 0.5) is 0 Å². The lowest BCUT2D eigenvalue weighted by Crippen LogP contribution is -2.60. The van der Waals surface area contributed by atoms with E-state index < -0.39 is 11.5 Å². The lowest BCUT2D eigenvalue weighted by molar-refractivity contribution is -0.169. The maximum Gasteiger partial charge on any atom is 0.249 e. The lowest BCUT2D eigenvalue weighted by Gasteiger charge is -2.49. The molecule has 5 N–H and O–H groups in total. The van der Waals surface area contributed by atoms with Gasteiger partial charge in [0.05, 0.1) is 0 Å². The van der Waals surface area contributed by atoms with Gasteiger partial charge in [0, 0.05) is 11.8 Å². The van der Waals surface area contributed by atoms with Gasteiger partial charge in [-0.05, 0) is 31.6 Å². The molecule has 5 nitrogen and oxygen atoms in total. The summed E-state index contributed by atoms with van der Waals surface area (Å²) < 4.78 is 0. The minimum atomic E-state index is -1.41. The summed E-state index contributed by atoms with van der Waals surface area (Å²) in [7, 11) is 0. The van der Waals surface area contributed by atoms with E-state index >= 15 is 0 Å². The van der Waals surface area contributed by atoms with Crippen molar-refractivity contribution in [2.24, 2.45) is 29.2 Å². The SMILES string of the molecule is NC(=O)C1CCCCC1C1CCC1(O)C(N)=O. The van der Waals surface area contributed by atoms with E-state index in [0.29, 0.717) is 6.42 Å². The van der Waals surface area contributed by atoms with Crippen molar-refractivity contribution in [3.63, 3.8) is 0 Å². The fraction of sp³-hybridized carbons (Fsp3) is 0.833. The van der Waals surface area contributed by atoms with Crippen molar-refractivity contribution in [3.05, 3.63) is 0 Å². The van der Waals surface area contributed by atoms with Crippen molar-refractivity contribution in [2.45, 2.75) is 44.1 Å². The van der Waals surface area contributed by atoms with Gasteiger partial charge < -0.3 is 16.6 Å². The summed E-state index contributed by atoms with van der Waals surface area (Å²) in [6.45, 7) is 0. The Kier molecular flexibility index (Phi) is 3.12. The molecule has 0 aromatic carbocycles. The molecule has 96 valence electrons. The van der Waals surface area contributed by atoms with Crippen molar-refractivity contribution in [2.75, 3.05) is 0 Å². The zero-order chi connectivity index (χ0) is 12.6. The van der Waals surface area contributed by atoms with Crippen molar-refractivity contribution in [1.82, 2.24) is 0 Å². The summed E-state index contributed by atoms with van der Waals surface area (Å²) in [4.78, 5) is 22.7. The fourth-order valence-corrected chi connectivity index (χ4v) is 3.45. The summed E-state index contributed by atoms with van der Waals surface area (Å²) in [5.74, 6) is -1.35. The summed E-state index contributed by atoms with van der Waals surface area (Å²) >= 11 is 0. The monoisotopic (exact) mass is 240 g/mol. The highest BCUT2D eigenvalue weighted by Crippen LogP contribution is 2.49. The van der Waals surface area contributed by atoms with Gasteiger partial charge in [0.1, 0.15) is 5.60 Å². The third-order valence-electron chi connectivity index (χ3n) is 4.58. The Morgan fingerprint density at radius 2 is 1.76 bits per heavy atom. The maximum atomic E-state index is 11.4. The average Bonchev–Trinajstić information content (AvgIpc) is 2.26. The van der Waals surface area contributed by atoms with E-state index in [2.05, 4.69) is 0 Å². The summed E-state index contributed by atoms with van der Waals surface area (Å²) in [5, 5.41) is 10.2. The summed E-state index contributed by atoms with van der Waals surface area (Å²) in [5.41, 5.74) is 9.24. The lowest BCUT2D eigenvalue weighted by atomic mass is 9.57. The third kappa shape index (κ3) is 1.92. The van der Waals surface area contributed by atoms with Gasteiger partial charge in [-0.2, -0.15) is 0 Å². The third-order valence-corrected chi connectivity index (χ3v) is 4.58. The van der Waals surface area contributed by atoms with Crippen LogP contribution in [-0.4, -0.2) is 22.5 Å². The first-order valence-electron chi connectivity index (χ1n) is 6.28. The molecule has 4 unspecified atom stereocenters. The van der Waals surface area contributed by atoms with Gasteiger partial charge in [-0.3, -0.25) is 9.59 Å². The van der Waals surface area contributed by atoms with Crippen LogP contribution in [0.3, 0.4) is 0 Å². The number of carbonyl (C=O) groups excluding carboxylic acids is 2. The molecule has 17 heavy (non-hydrogen) atoms. The smallest absolute Gasteiger partial charge is 0.249 e. The van der Waals surface area contributed by atoms with Gasteiger partial charge in [0.2, 0.25) is 11.8 Å². The number of primary amides is 2. The van der Waals surface area contributed by atoms with Gasteiger partial charge >= 0.3 is 0 Å². The highest BCUT2D eigenvalue weighted by Gasteiger charge is 2.55. The molecular weight excluding hydrogens is 220 g/mol. The molecule has 0 bridgehead atoms. The first-order valence-corrected chi connectivity index (χ1v) is 6.28. The second kappa shape index (κ2) is 4.29. The minimum absolute atomic E-state index is 0.0208. The molecule has 0 saturated heterocycles. The largest absolute Gasteiger partial charge is 0.380 e. The average molecular weight is 240 g/mol. The molecular formula is C12H20N2O3. The van der Waals surface area contributed by atoms with Gasteiger partial charge in [-0.15, -0.1) is 0 Å². The number of nitrogens with two attached hydrogens (primary N) is 2. The van der Waals surface area contributed by atoms with Crippen LogP contribution in [0.1, 0.15) is 38.5 Å². The van der Waals surface area contributed by atoms with Crippen molar-refractivity contribution >= 4 is 11.8 Å². The summed E-state index contributed by atoms with van der Waals surface area (Å²) in [6.07, 6.45) is 4.81. The van der Waals surface area contributed by atoms with Gasteiger partial charge in [-0.1, -0.05) is 12.8 Å². The van der Waals surface area contributed by atoms with Crippen LogP contribution in [0.5, 0.6) is 0 Å². The van der Waals surface area contributed by atoms with E-state index in [9.17, 15) is 14.7 Å². The normalized spacial score (nSPS) is 41.6. The van der Waals surface area contributed by atoms with Crippen LogP contribution in [0.15, 0.2) is 0 Å². The Balaban J connectivity index is 2.15. The Hall–Kier alpha value is -1.10. The van der Waals surface area contributed by atoms with Gasteiger partial charge in [0.25, 0.3) is 0 Å². The van der Waals surface area contributed by atoms with E-state index in [1.54, 1.807) is 0 Å². The molecule has 0 heterocycles.